The van der Waals surface area contributed by atoms with Gasteiger partial charge in [-0.1, -0.05) is 17.8 Å². The highest BCUT2D eigenvalue weighted by Crippen LogP contribution is 2.52. The van der Waals surface area contributed by atoms with E-state index in [4.69, 9.17) is 32.7 Å². The van der Waals surface area contributed by atoms with Crippen LogP contribution in [0.4, 0.5) is 0 Å². The molecule has 1 aromatic rings. The second kappa shape index (κ2) is 12.7. The van der Waals surface area contributed by atoms with E-state index in [9.17, 15) is 24.4 Å². The number of aldehydes is 1. The fourth-order valence-electron chi connectivity index (χ4n) is 3.82. The molecule has 0 radical (unpaired) electrons. The van der Waals surface area contributed by atoms with E-state index in [-0.39, 0.29) is 41.7 Å². The number of fused-ring (bicyclic) bond motifs is 1. The van der Waals surface area contributed by atoms with Gasteiger partial charge in [-0.2, -0.15) is 5.26 Å². The van der Waals surface area contributed by atoms with Gasteiger partial charge in [0.25, 0.3) is 5.91 Å². The molecule has 1 amide bonds. The number of amides is 1. The summed E-state index contributed by atoms with van der Waals surface area (Å²) in [7, 11) is 3.20. The third-order valence-electron chi connectivity index (χ3n) is 5.30. The number of hydrogen-bond acceptors (Lipinski definition) is 9. The lowest BCUT2D eigenvalue weighted by Gasteiger charge is -2.38. The van der Waals surface area contributed by atoms with Gasteiger partial charge in [0.1, 0.15) is 6.29 Å². The molecule has 13 heteroatoms. The van der Waals surface area contributed by atoms with Crippen LogP contribution in [0, 0.1) is 17.2 Å². The van der Waals surface area contributed by atoms with Gasteiger partial charge in [-0.3, -0.25) is 19.3 Å². The minimum Gasteiger partial charge on any atom is -0.454 e. The van der Waals surface area contributed by atoms with Crippen molar-refractivity contribution in [3.63, 3.8) is 0 Å². The predicted octanol–water partition coefficient (Wildman–Crippen LogP) is 2.47. The molecule has 2 aliphatic heterocycles. The lowest BCUT2D eigenvalue weighted by Crippen LogP contribution is -2.53. The number of ether oxygens (including phenoxy) is 2. The quantitative estimate of drug-likeness (QED) is 0.312. The van der Waals surface area contributed by atoms with Gasteiger partial charge in [0, 0.05) is 13.5 Å². The van der Waals surface area contributed by atoms with E-state index in [2.05, 4.69) is 18.7 Å². The molecule has 2 heterocycles. The molecule has 0 aliphatic carbocycles. The second-order valence-electron chi connectivity index (χ2n) is 7.38. The number of likely N-dealkylation sites (tertiary alicyclic amines) is 1. The predicted molar refractivity (Wildman–Crippen MR) is 131 cm³/mol. The minimum atomic E-state index is -1.34. The third kappa shape index (κ3) is 6.17. The number of hydrogen-bond donors (Lipinski definition) is 1. The van der Waals surface area contributed by atoms with Crippen molar-refractivity contribution in [2.24, 2.45) is 5.92 Å². The van der Waals surface area contributed by atoms with Gasteiger partial charge >= 0.3 is 0 Å². The Morgan fingerprint density at radius 3 is 2.53 bits per heavy atom. The molecule has 0 spiro atoms. The zero-order chi connectivity index (χ0) is 25.5. The highest BCUT2D eigenvalue weighted by molar-refractivity contribution is 8.15. The smallest absolute Gasteiger partial charge is 0.254 e. The number of carbonyl (C=O) groups is 4. The zero-order valence-corrected chi connectivity index (χ0v) is 21.6. The summed E-state index contributed by atoms with van der Waals surface area (Å²) in [5.41, 5.74) is 0.773. The Balaban J connectivity index is 0.000000739. The van der Waals surface area contributed by atoms with Crippen molar-refractivity contribution in [2.75, 3.05) is 39.2 Å². The van der Waals surface area contributed by atoms with E-state index in [0.717, 1.165) is 17.3 Å². The molecule has 1 unspecified atom stereocenters. The number of rotatable bonds is 7. The first-order valence-corrected chi connectivity index (χ1v) is 12.2. The van der Waals surface area contributed by atoms with Crippen LogP contribution in [-0.2, 0) is 19.2 Å². The number of alkyl halides is 2. The largest absolute Gasteiger partial charge is 0.454 e. The molecule has 0 aromatic heterocycles. The highest BCUT2D eigenvalue weighted by atomic mass is 35.5. The summed E-state index contributed by atoms with van der Waals surface area (Å²) >= 11 is 14.8. The molecule has 0 saturated carbocycles. The van der Waals surface area contributed by atoms with Gasteiger partial charge in [0.15, 0.2) is 16.4 Å². The Kier molecular flexibility index (Phi) is 10.5. The van der Waals surface area contributed by atoms with Crippen molar-refractivity contribution in [2.45, 2.75) is 17.3 Å². The van der Waals surface area contributed by atoms with Crippen molar-refractivity contribution in [1.29, 1.82) is 5.26 Å². The van der Waals surface area contributed by atoms with Crippen LogP contribution in [0.5, 0.6) is 11.5 Å². The van der Waals surface area contributed by atoms with Crippen molar-refractivity contribution < 1.29 is 28.7 Å². The number of thioether (sulfide) groups is 1. The summed E-state index contributed by atoms with van der Waals surface area (Å²) in [4.78, 5) is 47.7. The number of nitrogens with zero attached hydrogens (tertiary/aromatic N) is 3. The lowest BCUT2D eigenvalue weighted by atomic mass is 9.94. The Hall–Kier alpha value is -1.97. The van der Waals surface area contributed by atoms with Gasteiger partial charge in [0.2, 0.25) is 17.0 Å². The number of halogens is 2. The molecule has 3 atom stereocenters. The maximum Gasteiger partial charge on any atom is 0.254 e. The van der Waals surface area contributed by atoms with E-state index < -0.39 is 22.7 Å². The summed E-state index contributed by atoms with van der Waals surface area (Å²) in [5.74, 6) is -0.0646. The van der Waals surface area contributed by atoms with E-state index in [1.54, 1.807) is 24.1 Å². The maximum absolute atomic E-state index is 13.3. The average molecular weight is 548 g/mol. The van der Waals surface area contributed by atoms with Crippen LogP contribution in [0.1, 0.15) is 18.0 Å². The topological polar surface area (TPSA) is 117 Å². The van der Waals surface area contributed by atoms with Crippen molar-refractivity contribution in [1.82, 2.24) is 9.80 Å². The SMILES string of the molecule is CN(CC=O)C(=O)[C@@]1(SC(=O)CCl)CC(C#N)[C@H](c2ccc3c(c2)OCO3)N1C.O=C(S)CCl. The standard InChI is InChI=1S/C19H20ClN3O5S.C2H3ClOS/c1-22(5-6-24)18(26)19(29-16(25)9-20)8-13(10-21)17(23(19)2)12-3-4-14-15(7-12)28-11-27-14;3-1-2(4)5/h3-4,6-7,13,17H,5,8-9,11H2,1-2H3;1H2,(H,4,5)/t13?,17-,19-;/m0./s1. The van der Waals surface area contributed by atoms with Gasteiger partial charge < -0.3 is 19.2 Å². The molecule has 1 saturated heterocycles. The van der Waals surface area contributed by atoms with Gasteiger partial charge in [-0.15, -0.1) is 35.8 Å². The van der Waals surface area contributed by atoms with Crippen LogP contribution < -0.4 is 9.47 Å². The molecular formula is C21H23Cl2N3O6S2. The van der Waals surface area contributed by atoms with Crippen LogP contribution in [-0.4, -0.2) is 76.3 Å². The Bertz CT molecular complexity index is 992. The Labute approximate surface area is 217 Å². The van der Waals surface area contributed by atoms with E-state index in [1.807, 2.05) is 6.07 Å². The molecule has 1 fully saturated rings. The maximum atomic E-state index is 13.3. The summed E-state index contributed by atoms with van der Waals surface area (Å²) in [6.07, 6.45) is 0.736. The van der Waals surface area contributed by atoms with Crippen molar-refractivity contribution in [3.05, 3.63) is 23.8 Å². The van der Waals surface area contributed by atoms with Crippen molar-refractivity contribution >= 4 is 70.0 Å². The van der Waals surface area contributed by atoms with Crippen LogP contribution in [0.25, 0.3) is 0 Å². The monoisotopic (exact) mass is 547 g/mol. The third-order valence-corrected chi connectivity index (χ3v) is 7.63. The second-order valence-corrected chi connectivity index (χ2v) is 9.75. The Morgan fingerprint density at radius 2 is 1.97 bits per heavy atom. The van der Waals surface area contributed by atoms with Crippen LogP contribution in [0.3, 0.4) is 0 Å². The summed E-state index contributed by atoms with van der Waals surface area (Å²) in [6.45, 7) is 0.00984. The Morgan fingerprint density at radius 1 is 1.32 bits per heavy atom. The minimum absolute atomic E-state index is 0.00309. The van der Waals surface area contributed by atoms with Gasteiger partial charge in [0.05, 0.1) is 36.3 Å². The zero-order valence-electron chi connectivity index (χ0n) is 18.4. The van der Waals surface area contributed by atoms with Crippen molar-refractivity contribution in [3.8, 4) is 17.6 Å². The fraction of sp³-hybridized carbons (Fsp3) is 0.476. The normalized spacial score (nSPS) is 22.8. The average Bonchev–Trinajstić information content (AvgIpc) is 3.41. The molecule has 1 aromatic carbocycles. The molecule has 34 heavy (non-hydrogen) atoms. The summed E-state index contributed by atoms with van der Waals surface area (Å²) in [5, 5.41) is 9.16. The van der Waals surface area contributed by atoms with E-state index in [1.165, 1.54) is 11.9 Å². The molecule has 0 bridgehead atoms. The number of thiol groups is 1. The van der Waals surface area contributed by atoms with Crippen LogP contribution in [0.2, 0.25) is 0 Å². The van der Waals surface area contributed by atoms with E-state index in [0.29, 0.717) is 17.8 Å². The van der Waals surface area contributed by atoms with Gasteiger partial charge in [-0.25, -0.2) is 0 Å². The van der Waals surface area contributed by atoms with Gasteiger partial charge in [-0.05, 0) is 24.7 Å². The lowest BCUT2D eigenvalue weighted by molar-refractivity contribution is -0.138. The number of benzene rings is 1. The van der Waals surface area contributed by atoms with Crippen LogP contribution in [0.15, 0.2) is 18.2 Å². The molecule has 0 N–H and O–H groups in total. The fourth-order valence-corrected chi connectivity index (χ4v) is 5.18. The summed E-state index contributed by atoms with van der Waals surface area (Å²) < 4.78 is 10.8. The first kappa shape index (κ1) is 28.3. The molecule has 3 rings (SSSR count). The summed E-state index contributed by atoms with van der Waals surface area (Å²) in [6, 6.07) is 7.18. The highest BCUT2D eigenvalue weighted by Gasteiger charge is 2.57. The first-order valence-electron chi connectivity index (χ1n) is 9.92. The van der Waals surface area contributed by atoms with Crippen LogP contribution >= 0.6 is 47.6 Å². The number of likely N-dealkylation sites (N-methyl/N-ethyl adjacent to an activating group) is 2. The molecular weight excluding hydrogens is 525 g/mol. The molecule has 2 aliphatic rings. The number of carbonyl (C=O) groups excluding carboxylic acids is 4. The first-order chi connectivity index (χ1) is 16.1. The number of nitriles is 1. The molecule has 9 nitrogen and oxygen atoms in total. The molecule has 184 valence electrons. The van der Waals surface area contributed by atoms with E-state index >= 15 is 0 Å².